The van der Waals surface area contributed by atoms with Crippen LogP contribution in [0.2, 0.25) is 0 Å². The highest BCUT2D eigenvalue weighted by molar-refractivity contribution is 7.90. The second-order valence-electron chi connectivity index (χ2n) is 4.69. The van der Waals surface area contributed by atoms with E-state index in [0.717, 1.165) is 22.9 Å². The lowest BCUT2D eigenvalue weighted by Crippen LogP contribution is -2.34. The fourth-order valence-electron chi connectivity index (χ4n) is 2.24. The Morgan fingerprint density at radius 2 is 1.90 bits per heavy atom. The van der Waals surface area contributed by atoms with E-state index in [1.807, 2.05) is 38.1 Å². The topological polar surface area (TPSA) is 72.2 Å². The van der Waals surface area contributed by atoms with Gasteiger partial charge in [0.25, 0.3) is 0 Å². The predicted octanol–water partition coefficient (Wildman–Crippen LogP) is 2.83. The first kappa shape index (κ1) is 15.4. The molecule has 0 saturated carbocycles. The average Bonchev–Trinajstić information content (AvgIpc) is 2.84. The molecular formula is C14H20N2O2S2. The maximum atomic E-state index is 12.7. The summed E-state index contributed by atoms with van der Waals surface area (Å²) in [5, 5.41) is 0.761. The number of hydrogen-bond donors (Lipinski definition) is 2. The van der Waals surface area contributed by atoms with Gasteiger partial charge in [0.1, 0.15) is 4.90 Å². The largest absolute Gasteiger partial charge is 0.326 e. The molecule has 110 valence electrons. The first-order valence-corrected chi connectivity index (χ1v) is 9.06. The molecule has 0 amide bonds. The van der Waals surface area contributed by atoms with Crippen molar-refractivity contribution in [1.82, 2.24) is 4.72 Å². The summed E-state index contributed by atoms with van der Waals surface area (Å²) in [4.78, 5) is 1.07. The maximum Gasteiger partial charge on any atom is 0.242 e. The minimum atomic E-state index is -3.53. The first-order valence-electron chi connectivity index (χ1n) is 6.76. The zero-order valence-electron chi connectivity index (χ0n) is 11.7. The number of thiophene rings is 1. The van der Waals surface area contributed by atoms with Gasteiger partial charge in [-0.2, -0.15) is 0 Å². The standard InChI is InChI=1S/C14H20N2O2S2/c1-3-10(4-2)16-20(17,18)14-11-7-5-6-8-12(11)19-13(14)9-15/h5-8,10,16H,3-4,9,15H2,1-2H3. The molecule has 0 radical (unpaired) electrons. The Balaban J connectivity index is 2.55. The van der Waals surface area contributed by atoms with Gasteiger partial charge in [-0.1, -0.05) is 32.0 Å². The van der Waals surface area contributed by atoms with E-state index >= 15 is 0 Å². The van der Waals surface area contributed by atoms with Crippen LogP contribution >= 0.6 is 11.3 Å². The Hall–Kier alpha value is -0.950. The molecule has 0 atom stereocenters. The van der Waals surface area contributed by atoms with Crippen molar-refractivity contribution < 1.29 is 8.42 Å². The van der Waals surface area contributed by atoms with Crippen LogP contribution in [0.3, 0.4) is 0 Å². The molecule has 3 N–H and O–H groups in total. The van der Waals surface area contributed by atoms with Crippen LogP contribution in [0.15, 0.2) is 29.2 Å². The summed E-state index contributed by atoms with van der Waals surface area (Å²) in [5.41, 5.74) is 5.73. The number of hydrogen-bond acceptors (Lipinski definition) is 4. The monoisotopic (exact) mass is 312 g/mol. The summed E-state index contributed by atoms with van der Waals surface area (Å²) in [6, 6.07) is 7.49. The van der Waals surface area contributed by atoms with Gasteiger partial charge in [0.15, 0.2) is 0 Å². The molecule has 0 aliphatic rings. The van der Waals surface area contributed by atoms with Crippen molar-refractivity contribution in [3.8, 4) is 0 Å². The van der Waals surface area contributed by atoms with Crippen LogP contribution in [-0.4, -0.2) is 14.5 Å². The highest BCUT2D eigenvalue weighted by atomic mass is 32.2. The lowest BCUT2D eigenvalue weighted by atomic mass is 10.2. The lowest BCUT2D eigenvalue weighted by Gasteiger charge is -2.15. The highest BCUT2D eigenvalue weighted by Crippen LogP contribution is 2.34. The van der Waals surface area contributed by atoms with Crippen molar-refractivity contribution in [3.63, 3.8) is 0 Å². The van der Waals surface area contributed by atoms with Crippen LogP contribution in [0, 0.1) is 0 Å². The highest BCUT2D eigenvalue weighted by Gasteiger charge is 2.25. The molecule has 1 heterocycles. The van der Waals surface area contributed by atoms with Gasteiger partial charge in [-0.05, 0) is 18.9 Å². The van der Waals surface area contributed by atoms with E-state index in [9.17, 15) is 8.42 Å². The Kier molecular flexibility index (Phi) is 4.80. The van der Waals surface area contributed by atoms with E-state index in [0.29, 0.717) is 9.77 Å². The summed E-state index contributed by atoms with van der Waals surface area (Å²) in [7, 11) is -3.53. The van der Waals surface area contributed by atoms with Crippen LogP contribution < -0.4 is 10.5 Å². The van der Waals surface area contributed by atoms with Gasteiger partial charge < -0.3 is 5.73 Å². The quantitative estimate of drug-likeness (QED) is 0.861. The van der Waals surface area contributed by atoms with Crippen LogP contribution in [0.4, 0.5) is 0 Å². The molecule has 0 bridgehead atoms. The van der Waals surface area contributed by atoms with E-state index in [4.69, 9.17) is 5.73 Å². The Bertz CT molecular complexity index is 688. The van der Waals surface area contributed by atoms with E-state index in [2.05, 4.69) is 4.72 Å². The normalized spacial score (nSPS) is 12.4. The molecule has 2 rings (SSSR count). The third kappa shape index (κ3) is 2.88. The Morgan fingerprint density at radius 1 is 1.25 bits per heavy atom. The molecule has 20 heavy (non-hydrogen) atoms. The Morgan fingerprint density at radius 3 is 2.50 bits per heavy atom. The van der Waals surface area contributed by atoms with Crippen molar-refractivity contribution in [3.05, 3.63) is 29.1 Å². The smallest absolute Gasteiger partial charge is 0.242 e. The SMILES string of the molecule is CCC(CC)NS(=O)(=O)c1c(CN)sc2ccccc12. The minimum Gasteiger partial charge on any atom is -0.326 e. The average molecular weight is 312 g/mol. The summed E-state index contributed by atoms with van der Waals surface area (Å²) in [6.45, 7) is 4.19. The third-order valence-corrected chi connectivity index (χ3v) is 6.35. The van der Waals surface area contributed by atoms with Gasteiger partial charge in [-0.25, -0.2) is 13.1 Å². The van der Waals surface area contributed by atoms with Crippen molar-refractivity contribution >= 4 is 31.4 Å². The number of rotatable bonds is 6. The van der Waals surface area contributed by atoms with Crippen molar-refractivity contribution in [2.24, 2.45) is 5.73 Å². The summed E-state index contributed by atoms with van der Waals surface area (Å²) < 4.78 is 29.1. The molecule has 6 heteroatoms. The van der Waals surface area contributed by atoms with Gasteiger partial charge in [-0.15, -0.1) is 11.3 Å². The molecule has 0 spiro atoms. The number of nitrogens with one attached hydrogen (secondary N) is 1. The van der Waals surface area contributed by atoms with Gasteiger partial charge in [0.2, 0.25) is 10.0 Å². The van der Waals surface area contributed by atoms with Crippen LogP contribution in [-0.2, 0) is 16.6 Å². The second-order valence-corrected chi connectivity index (χ2v) is 7.48. The molecule has 0 aliphatic heterocycles. The maximum absolute atomic E-state index is 12.7. The Labute approximate surface area is 124 Å². The minimum absolute atomic E-state index is 0.0377. The van der Waals surface area contributed by atoms with Crippen LogP contribution in [0.1, 0.15) is 31.6 Å². The van der Waals surface area contributed by atoms with Crippen molar-refractivity contribution in [2.75, 3.05) is 0 Å². The van der Waals surface area contributed by atoms with E-state index in [1.54, 1.807) is 0 Å². The second kappa shape index (κ2) is 6.22. The molecular weight excluding hydrogens is 292 g/mol. The van der Waals surface area contributed by atoms with E-state index < -0.39 is 10.0 Å². The molecule has 0 aliphatic carbocycles. The molecule has 2 aromatic rings. The summed E-state index contributed by atoms with van der Waals surface area (Å²) in [6.07, 6.45) is 1.55. The van der Waals surface area contributed by atoms with Crippen molar-refractivity contribution in [1.29, 1.82) is 0 Å². The first-order chi connectivity index (χ1) is 9.53. The zero-order chi connectivity index (χ0) is 14.8. The number of fused-ring (bicyclic) bond motifs is 1. The summed E-state index contributed by atoms with van der Waals surface area (Å²) >= 11 is 1.45. The summed E-state index contributed by atoms with van der Waals surface area (Å²) in [5.74, 6) is 0. The third-order valence-electron chi connectivity index (χ3n) is 3.38. The number of benzene rings is 1. The molecule has 0 saturated heterocycles. The van der Waals surface area contributed by atoms with E-state index in [-0.39, 0.29) is 12.6 Å². The van der Waals surface area contributed by atoms with Gasteiger partial charge >= 0.3 is 0 Å². The molecule has 0 fully saturated rings. The molecule has 4 nitrogen and oxygen atoms in total. The number of sulfonamides is 1. The van der Waals surface area contributed by atoms with Crippen molar-refractivity contribution in [2.45, 2.75) is 44.2 Å². The fraction of sp³-hybridized carbons (Fsp3) is 0.429. The number of nitrogens with two attached hydrogens (primary N) is 1. The molecule has 1 aromatic carbocycles. The van der Waals surface area contributed by atoms with Crippen LogP contribution in [0.25, 0.3) is 10.1 Å². The van der Waals surface area contributed by atoms with Gasteiger partial charge in [0, 0.05) is 27.5 Å². The van der Waals surface area contributed by atoms with Crippen LogP contribution in [0.5, 0.6) is 0 Å². The lowest BCUT2D eigenvalue weighted by molar-refractivity contribution is 0.530. The van der Waals surface area contributed by atoms with Gasteiger partial charge in [-0.3, -0.25) is 0 Å². The predicted molar refractivity (Wildman–Crippen MR) is 84.4 cm³/mol. The van der Waals surface area contributed by atoms with E-state index in [1.165, 1.54) is 11.3 Å². The fourth-order valence-corrected chi connectivity index (χ4v) is 5.47. The molecule has 1 aromatic heterocycles. The molecule has 0 unspecified atom stereocenters. The van der Waals surface area contributed by atoms with Gasteiger partial charge in [0.05, 0.1) is 0 Å². The zero-order valence-corrected chi connectivity index (χ0v) is 13.4.